The summed E-state index contributed by atoms with van der Waals surface area (Å²) in [5.74, 6) is -0.711. The van der Waals surface area contributed by atoms with Crippen LogP contribution in [0.3, 0.4) is 0 Å². The van der Waals surface area contributed by atoms with Gasteiger partial charge in [0.05, 0.1) is 15.8 Å². The van der Waals surface area contributed by atoms with Crippen molar-refractivity contribution >= 4 is 44.4 Å². The van der Waals surface area contributed by atoms with Crippen molar-refractivity contribution in [2.24, 2.45) is 0 Å². The number of carbonyl (C=O) groups is 2. The molecule has 1 aromatic carbocycles. The minimum absolute atomic E-state index is 0.187. The number of rotatable bonds is 4. The highest BCUT2D eigenvalue weighted by molar-refractivity contribution is 7.22. The first kappa shape index (κ1) is 14.9. The fourth-order valence-electron chi connectivity index (χ4n) is 1.99. The lowest BCUT2D eigenvalue weighted by atomic mass is 10.2. The first-order valence-corrected chi connectivity index (χ1v) is 7.47. The van der Waals surface area contributed by atoms with E-state index in [1.165, 1.54) is 29.7 Å². The second kappa shape index (κ2) is 6.01. The average Bonchev–Trinajstić information content (AvgIpc) is 2.96. The number of thiazole rings is 1. The smallest absolute Gasteiger partial charge is 0.335 e. The number of anilines is 2. The van der Waals surface area contributed by atoms with E-state index in [9.17, 15) is 9.59 Å². The number of nitrogens with one attached hydrogen (secondary N) is 2. The van der Waals surface area contributed by atoms with Crippen molar-refractivity contribution in [2.45, 2.75) is 0 Å². The van der Waals surface area contributed by atoms with Crippen molar-refractivity contribution in [1.29, 1.82) is 0 Å². The van der Waals surface area contributed by atoms with Gasteiger partial charge in [0, 0.05) is 18.8 Å². The van der Waals surface area contributed by atoms with Crippen LogP contribution in [-0.4, -0.2) is 34.0 Å². The Hall–Kier alpha value is -3.00. The molecule has 116 valence electrons. The summed E-state index contributed by atoms with van der Waals surface area (Å²) >= 11 is 1.22. The predicted molar refractivity (Wildman–Crippen MR) is 88.3 cm³/mol. The lowest BCUT2D eigenvalue weighted by Crippen LogP contribution is -2.12. The summed E-state index contributed by atoms with van der Waals surface area (Å²) in [6.45, 7) is 0. The van der Waals surface area contributed by atoms with E-state index < -0.39 is 5.97 Å². The van der Waals surface area contributed by atoms with Crippen molar-refractivity contribution < 1.29 is 14.7 Å². The normalized spacial score (nSPS) is 10.5. The van der Waals surface area contributed by atoms with Gasteiger partial charge in [-0.2, -0.15) is 0 Å². The molecule has 7 nitrogen and oxygen atoms in total. The third-order valence-corrected chi connectivity index (χ3v) is 4.07. The molecule has 0 spiro atoms. The first-order chi connectivity index (χ1) is 11.1. The van der Waals surface area contributed by atoms with Gasteiger partial charge in [0.1, 0.15) is 5.82 Å². The molecule has 0 unspecified atom stereocenters. The Morgan fingerprint density at radius 1 is 1.17 bits per heavy atom. The van der Waals surface area contributed by atoms with Crippen LogP contribution in [0.15, 0.2) is 36.5 Å². The third kappa shape index (κ3) is 3.11. The van der Waals surface area contributed by atoms with E-state index in [1.54, 1.807) is 25.2 Å². The van der Waals surface area contributed by atoms with Crippen LogP contribution < -0.4 is 10.6 Å². The SMILES string of the molecule is CNc1cc(C(=O)Nc2nc3ccc(C(=O)O)cc3s2)ccn1. The largest absolute Gasteiger partial charge is 0.478 e. The second-order valence-corrected chi connectivity index (χ2v) is 5.67. The minimum Gasteiger partial charge on any atom is -0.478 e. The van der Waals surface area contributed by atoms with Gasteiger partial charge in [-0.15, -0.1) is 0 Å². The second-order valence-electron chi connectivity index (χ2n) is 4.64. The van der Waals surface area contributed by atoms with Gasteiger partial charge in [-0.1, -0.05) is 11.3 Å². The number of fused-ring (bicyclic) bond motifs is 1. The third-order valence-electron chi connectivity index (χ3n) is 3.13. The zero-order valence-corrected chi connectivity index (χ0v) is 12.8. The zero-order valence-electron chi connectivity index (χ0n) is 12.0. The van der Waals surface area contributed by atoms with Gasteiger partial charge in [-0.05, 0) is 30.3 Å². The van der Waals surface area contributed by atoms with E-state index in [0.29, 0.717) is 26.7 Å². The van der Waals surface area contributed by atoms with E-state index in [2.05, 4.69) is 20.6 Å². The predicted octanol–water partition coefficient (Wildman–Crippen LogP) is 2.68. The molecule has 0 atom stereocenters. The zero-order chi connectivity index (χ0) is 16.4. The maximum absolute atomic E-state index is 12.2. The van der Waals surface area contributed by atoms with Crippen LogP contribution in [0.1, 0.15) is 20.7 Å². The van der Waals surface area contributed by atoms with E-state index in [0.717, 1.165) is 0 Å². The molecule has 0 aliphatic carbocycles. The summed E-state index contributed by atoms with van der Waals surface area (Å²) in [4.78, 5) is 31.5. The molecule has 3 rings (SSSR count). The molecule has 0 saturated heterocycles. The number of amides is 1. The quantitative estimate of drug-likeness (QED) is 0.680. The molecule has 2 aromatic heterocycles. The Morgan fingerprint density at radius 3 is 2.74 bits per heavy atom. The molecule has 2 heterocycles. The Morgan fingerprint density at radius 2 is 2.00 bits per heavy atom. The van der Waals surface area contributed by atoms with Crippen LogP contribution >= 0.6 is 11.3 Å². The van der Waals surface area contributed by atoms with E-state index in [4.69, 9.17) is 5.11 Å². The van der Waals surface area contributed by atoms with Crippen molar-refractivity contribution in [3.63, 3.8) is 0 Å². The van der Waals surface area contributed by atoms with Gasteiger partial charge in [0.25, 0.3) is 5.91 Å². The summed E-state index contributed by atoms with van der Waals surface area (Å²) in [7, 11) is 1.72. The molecule has 1 amide bonds. The van der Waals surface area contributed by atoms with Crippen LogP contribution in [0.2, 0.25) is 0 Å². The molecule has 0 bridgehead atoms. The maximum Gasteiger partial charge on any atom is 0.335 e. The number of hydrogen-bond acceptors (Lipinski definition) is 6. The van der Waals surface area contributed by atoms with Gasteiger partial charge in [-0.25, -0.2) is 14.8 Å². The molecular weight excluding hydrogens is 316 g/mol. The minimum atomic E-state index is -0.998. The highest BCUT2D eigenvalue weighted by atomic mass is 32.1. The Balaban J connectivity index is 1.85. The van der Waals surface area contributed by atoms with Crippen molar-refractivity contribution in [3.05, 3.63) is 47.7 Å². The summed E-state index contributed by atoms with van der Waals surface area (Å²) in [6.07, 6.45) is 1.54. The topological polar surface area (TPSA) is 104 Å². The van der Waals surface area contributed by atoms with Crippen LogP contribution in [0.25, 0.3) is 10.2 Å². The van der Waals surface area contributed by atoms with Gasteiger partial charge in [0.15, 0.2) is 5.13 Å². The number of aromatic nitrogens is 2. The number of carboxylic acids is 1. The monoisotopic (exact) mass is 328 g/mol. The number of aromatic carboxylic acids is 1. The van der Waals surface area contributed by atoms with Crippen molar-refractivity contribution in [1.82, 2.24) is 9.97 Å². The summed E-state index contributed by atoms with van der Waals surface area (Å²) in [6, 6.07) is 7.88. The molecule has 0 fully saturated rings. The standard InChI is InChI=1S/C15H12N4O3S/c1-16-12-7-8(4-5-17-12)13(20)19-15-18-10-3-2-9(14(21)22)6-11(10)23-15/h2-7H,1H3,(H,16,17)(H,21,22)(H,18,19,20). The first-order valence-electron chi connectivity index (χ1n) is 6.66. The van der Waals surface area contributed by atoms with Gasteiger partial charge in [0.2, 0.25) is 0 Å². The Labute approximate surface area is 135 Å². The number of carbonyl (C=O) groups excluding carboxylic acids is 1. The van der Waals surface area contributed by atoms with Gasteiger partial charge in [-0.3, -0.25) is 10.1 Å². The van der Waals surface area contributed by atoms with Gasteiger partial charge < -0.3 is 10.4 Å². The van der Waals surface area contributed by atoms with Gasteiger partial charge >= 0.3 is 5.97 Å². The number of benzene rings is 1. The lowest BCUT2D eigenvalue weighted by molar-refractivity contribution is 0.0697. The Kier molecular flexibility index (Phi) is 3.90. The molecule has 3 N–H and O–H groups in total. The molecule has 0 radical (unpaired) electrons. The van der Waals surface area contributed by atoms with Crippen LogP contribution in [0.4, 0.5) is 10.9 Å². The Bertz CT molecular complexity index is 907. The average molecular weight is 328 g/mol. The van der Waals surface area contributed by atoms with Crippen molar-refractivity contribution in [3.8, 4) is 0 Å². The highest BCUT2D eigenvalue weighted by Gasteiger charge is 2.12. The number of hydrogen-bond donors (Lipinski definition) is 3. The van der Waals surface area contributed by atoms with Crippen LogP contribution in [-0.2, 0) is 0 Å². The fraction of sp³-hybridized carbons (Fsp3) is 0.0667. The molecule has 23 heavy (non-hydrogen) atoms. The highest BCUT2D eigenvalue weighted by Crippen LogP contribution is 2.27. The molecular formula is C15H12N4O3S. The molecule has 0 saturated carbocycles. The van der Waals surface area contributed by atoms with Crippen molar-refractivity contribution in [2.75, 3.05) is 17.7 Å². The summed E-state index contributed by atoms with van der Waals surface area (Å²) < 4.78 is 0.700. The van der Waals surface area contributed by atoms with Crippen LogP contribution in [0, 0.1) is 0 Å². The maximum atomic E-state index is 12.2. The van der Waals surface area contributed by atoms with E-state index in [1.807, 2.05) is 0 Å². The number of carboxylic acid groups (broad SMARTS) is 1. The molecule has 3 aromatic rings. The number of pyridine rings is 1. The fourth-order valence-corrected chi connectivity index (χ4v) is 2.89. The van der Waals surface area contributed by atoms with E-state index >= 15 is 0 Å². The summed E-state index contributed by atoms with van der Waals surface area (Å²) in [5.41, 5.74) is 1.28. The molecule has 8 heteroatoms. The van der Waals surface area contributed by atoms with E-state index in [-0.39, 0.29) is 11.5 Å². The molecule has 0 aliphatic rings. The van der Waals surface area contributed by atoms with Crippen LogP contribution in [0.5, 0.6) is 0 Å². The lowest BCUT2D eigenvalue weighted by Gasteiger charge is -2.03. The summed E-state index contributed by atoms with van der Waals surface area (Å²) in [5, 5.41) is 15.0. The number of nitrogens with zero attached hydrogens (tertiary/aromatic N) is 2. The molecule has 0 aliphatic heterocycles.